The normalized spacial score (nSPS) is 16.0. The minimum Gasteiger partial charge on any atom is -0.497 e. The molecular formula is C19H22N4O2. The summed E-state index contributed by atoms with van der Waals surface area (Å²) >= 11 is 0. The quantitative estimate of drug-likeness (QED) is 0.872. The summed E-state index contributed by atoms with van der Waals surface area (Å²) in [5.74, 6) is 1.60. The predicted octanol–water partition coefficient (Wildman–Crippen LogP) is 2.45. The minimum atomic E-state index is 0.0874. The Kier molecular flexibility index (Phi) is 5.83. The van der Waals surface area contributed by atoms with Gasteiger partial charge in [0.1, 0.15) is 17.6 Å². The fourth-order valence-corrected chi connectivity index (χ4v) is 2.84. The summed E-state index contributed by atoms with van der Waals surface area (Å²) in [5.41, 5.74) is 1.72. The molecule has 6 nitrogen and oxygen atoms in total. The molecule has 2 aromatic rings. The highest BCUT2D eigenvalue weighted by molar-refractivity contribution is 5.42. The topological polar surface area (TPSA) is 70.4 Å². The molecule has 0 radical (unpaired) electrons. The number of anilines is 1. The summed E-state index contributed by atoms with van der Waals surface area (Å²) in [6.45, 7) is 4.25. The van der Waals surface area contributed by atoms with Crippen LogP contribution in [-0.2, 0) is 4.74 Å². The standard InChI is InChI=1S/C19H22N4O2/c1-24-17-5-3-16(4-6-17)18(14-23-8-10-25-11-9-23)22-19-7-2-15(12-20)13-21-19/h2-7,13,18H,8-11,14H2,1H3,(H,21,22)/t18-/m1/s1. The van der Waals surface area contributed by atoms with E-state index in [1.54, 1.807) is 19.4 Å². The van der Waals surface area contributed by atoms with Crippen molar-refractivity contribution in [3.05, 3.63) is 53.7 Å². The van der Waals surface area contributed by atoms with Gasteiger partial charge in [0.15, 0.2) is 0 Å². The van der Waals surface area contributed by atoms with Gasteiger partial charge in [0.05, 0.1) is 31.9 Å². The molecule has 1 N–H and O–H groups in total. The molecule has 1 aliphatic rings. The van der Waals surface area contributed by atoms with Crippen LogP contribution in [0.2, 0.25) is 0 Å². The number of nitrogens with one attached hydrogen (secondary N) is 1. The van der Waals surface area contributed by atoms with E-state index in [2.05, 4.69) is 33.4 Å². The first-order valence-corrected chi connectivity index (χ1v) is 8.35. The van der Waals surface area contributed by atoms with Crippen molar-refractivity contribution >= 4 is 5.82 Å². The Morgan fingerprint density at radius 3 is 2.60 bits per heavy atom. The molecule has 0 aliphatic carbocycles. The number of ether oxygens (including phenoxy) is 2. The number of morpholine rings is 1. The zero-order chi connectivity index (χ0) is 17.5. The number of nitrogens with zero attached hydrogens (tertiary/aromatic N) is 3. The molecule has 1 aromatic heterocycles. The van der Waals surface area contributed by atoms with E-state index in [1.807, 2.05) is 18.2 Å². The van der Waals surface area contributed by atoms with Crippen LogP contribution in [0.3, 0.4) is 0 Å². The molecule has 1 atom stereocenters. The molecule has 6 heteroatoms. The lowest BCUT2D eigenvalue weighted by Crippen LogP contribution is -2.40. The molecule has 2 heterocycles. The van der Waals surface area contributed by atoms with Gasteiger partial charge in [-0.05, 0) is 29.8 Å². The monoisotopic (exact) mass is 338 g/mol. The van der Waals surface area contributed by atoms with Gasteiger partial charge >= 0.3 is 0 Å². The maximum Gasteiger partial charge on any atom is 0.126 e. The zero-order valence-corrected chi connectivity index (χ0v) is 14.3. The Balaban J connectivity index is 1.77. The minimum absolute atomic E-state index is 0.0874. The molecular weight excluding hydrogens is 316 g/mol. The van der Waals surface area contributed by atoms with Crippen LogP contribution in [0, 0.1) is 11.3 Å². The molecule has 25 heavy (non-hydrogen) atoms. The number of hydrogen-bond acceptors (Lipinski definition) is 6. The summed E-state index contributed by atoms with van der Waals surface area (Å²) in [6, 6.07) is 13.9. The summed E-state index contributed by atoms with van der Waals surface area (Å²) < 4.78 is 10.7. The van der Waals surface area contributed by atoms with Gasteiger partial charge in [0, 0.05) is 25.8 Å². The second kappa shape index (κ2) is 8.47. The first-order valence-electron chi connectivity index (χ1n) is 8.35. The molecule has 3 rings (SSSR count). The fourth-order valence-electron chi connectivity index (χ4n) is 2.84. The van der Waals surface area contributed by atoms with Crippen LogP contribution in [-0.4, -0.2) is 49.8 Å². The Morgan fingerprint density at radius 2 is 2.00 bits per heavy atom. The summed E-state index contributed by atoms with van der Waals surface area (Å²) in [6.07, 6.45) is 1.59. The third-order valence-corrected chi connectivity index (χ3v) is 4.28. The SMILES string of the molecule is COc1ccc([C@@H](CN2CCOCC2)Nc2ccc(C#N)cn2)cc1. The molecule has 1 saturated heterocycles. The van der Waals surface area contributed by atoms with E-state index in [0.717, 1.165) is 44.4 Å². The number of pyridine rings is 1. The molecule has 1 fully saturated rings. The first-order chi connectivity index (χ1) is 12.3. The lowest BCUT2D eigenvalue weighted by molar-refractivity contribution is 0.0360. The number of methoxy groups -OCH3 is 1. The van der Waals surface area contributed by atoms with Crippen LogP contribution >= 0.6 is 0 Å². The first kappa shape index (κ1) is 17.2. The van der Waals surface area contributed by atoms with Crippen molar-refractivity contribution in [2.24, 2.45) is 0 Å². The number of rotatable bonds is 6. The van der Waals surface area contributed by atoms with Gasteiger partial charge in [-0.1, -0.05) is 12.1 Å². The van der Waals surface area contributed by atoms with Crippen LogP contribution in [0.4, 0.5) is 5.82 Å². The highest BCUT2D eigenvalue weighted by Gasteiger charge is 2.19. The van der Waals surface area contributed by atoms with Crippen LogP contribution in [0.5, 0.6) is 5.75 Å². The Hall–Kier alpha value is -2.62. The van der Waals surface area contributed by atoms with Crippen molar-refractivity contribution in [3.8, 4) is 11.8 Å². The van der Waals surface area contributed by atoms with E-state index in [0.29, 0.717) is 5.56 Å². The van der Waals surface area contributed by atoms with E-state index in [4.69, 9.17) is 14.7 Å². The van der Waals surface area contributed by atoms with E-state index in [9.17, 15) is 0 Å². The van der Waals surface area contributed by atoms with Crippen molar-refractivity contribution < 1.29 is 9.47 Å². The maximum absolute atomic E-state index is 8.91. The Bertz CT molecular complexity index is 704. The average Bonchev–Trinajstić information content (AvgIpc) is 2.69. The van der Waals surface area contributed by atoms with Gasteiger partial charge in [0.25, 0.3) is 0 Å². The zero-order valence-electron chi connectivity index (χ0n) is 14.3. The van der Waals surface area contributed by atoms with Gasteiger partial charge in [-0.2, -0.15) is 5.26 Å². The van der Waals surface area contributed by atoms with Crippen LogP contribution in [0.25, 0.3) is 0 Å². The van der Waals surface area contributed by atoms with Crippen LogP contribution < -0.4 is 10.1 Å². The van der Waals surface area contributed by atoms with E-state index < -0.39 is 0 Å². The molecule has 1 aliphatic heterocycles. The Labute approximate surface area is 148 Å². The van der Waals surface area contributed by atoms with Crippen LogP contribution in [0.1, 0.15) is 17.2 Å². The number of nitriles is 1. The van der Waals surface area contributed by atoms with Crippen molar-refractivity contribution in [1.82, 2.24) is 9.88 Å². The highest BCUT2D eigenvalue weighted by atomic mass is 16.5. The van der Waals surface area contributed by atoms with Crippen LogP contribution in [0.15, 0.2) is 42.6 Å². The summed E-state index contributed by atoms with van der Waals surface area (Å²) in [4.78, 5) is 6.72. The lowest BCUT2D eigenvalue weighted by Gasteiger charge is -2.31. The van der Waals surface area contributed by atoms with Crippen molar-refractivity contribution in [3.63, 3.8) is 0 Å². The fraction of sp³-hybridized carbons (Fsp3) is 0.368. The number of benzene rings is 1. The second-order valence-corrected chi connectivity index (χ2v) is 5.93. The van der Waals surface area contributed by atoms with Gasteiger partial charge < -0.3 is 14.8 Å². The molecule has 0 spiro atoms. The van der Waals surface area contributed by atoms with Gasteiger partial charge in [-0.25, -0.2) is 4.98 Å². The van der Waals surface area contributed by atoms with E-state index >= 15 is 0 Å². The molecule has 130 valence electrons. The Morgan fingerprint density at radius 1 is 1.24 bits per heavy atom. The molecule has 0 saturated carbocycles. The summed E-state index contributed by atoms with van der Waals surface area (Å²) in [7, 11) is 1.67. The molecule has 0 amide bonds. The average molecular weight is 338 g/mol. The molecule has 0 unspecified atom stereocenters. The smallest absolute Gasteiger partial charge is 0.126 e. The summed E-state index contributed by atoms with van der Waals surface area (Å²) in [5, 5.41) is 12.4. The van der Waals surface area contributed by atoms with Crippen molar-refractivity contribution in [1.29, 1.82) is 5.26 Å². The number of hydrogen-bond donors (Lipinski definition) is 1. The van der Waals surface area contributed by atoms with E-state index in [1.165, 1.54) is 5.56 Å². The van der Waals surface area contributed by atoms with Crippen molar-refractivity contribution in [2.45, 2.75) is 6.04 Å². The third-order valence-electron chi connectivity index (χ3n) is 4.28. The van der Waals surface area contributed by atoms with Crippen molar-refractivity contribution in [2.75, 3.05) is 45.3 Å². The highest BCUT2D eigenvalue weighted by Crippen LogP contribution is 2.23. The largest absolute Gasteiger partial charge is 0.497 e. The molecule has 1 aromatic carbocycles. The van der Waals surface area contributed by atoms with E-state index in [-0.39, 0.29) is 6.04 Å². The maximum atomic E-state index is 8.91. The lowest BCUT2D eigenvalue weighted by atomic mass is 10.1. The van der Waals surface area contributed by atoms with Gasteiger partial charge in [0.2, 0.25) is 0 Å². The number of aromatic nitrogens is 1. The second-order valence-electron chi connectivity index (χ2n) is 5.93. The molecule has 0 bridgehead atoms. The third kappa shape index (κ3) is 4.69. The predicted molar refractivity (Wildman–Crippen MR) is 95.6 cm³/mol. The van der Waals surface area contributed by atoms with Gasteiger partial charge in [-0.3, -0.25) is 4.90 Å². The van der Waals surface area contributed by atoms with Gasteiger partial charge in [-0.15, -0.1) is 0 Å².